The molecule has 0 aromatic heterocycles. The van der Waals surface area contributed by atoms with Crippen LogP contribution in [0.4, 0.5) is 11.4 Å². The van der Waals surface area contributed by atoms with Crippen LogP contribution in [0.3, 0.4) is 0 Å². The van der Waals surface area contributed by atoms with Crippen LogP contribution in [0, 0.1) is 5.41 Å². The Balaban J connectivity index is 2.73. The molecule has 0 heterocycles. The van der Waals surface area contributed by atoms with Crippen LogP contribution in [0.25, 0.3) is 0 Å². The first-order valence-corrected chi connectivity index (χ1v) is 5.62. The fourth-order valence-corrected chi connectivity index (χ4v) is 1.43. The summed E-state index contributed by atoms with van der Waals surface area (Å²) in [4.78, 5) is 0. The lowest BCUT2D eigenvalue weighted by atomic mass is 9.90. The van der Waals surface area contributed by atoms with Gasteiger partial charge in [-0.3, -0.25) is 0 Å². The number of halogens is 1. The SMILES string of the molecule is CCC(C)(C)CNc1c(N)cccc1Cl. The van der Waals surface area contributed by atoms with Gasteiger partial charge in [0.1, 0.15) is 0 Å². The molecule has 1 rings (SSSR count). The summed E-state index contributed by atoms with van der Waals surface area (Å²) in [7, 11) is 0. The number of rotatable bonds is 4. The Bertz CT molecular complexity index is 314. The molecule has 0 atom stereocenters. The van der Waals surface area contributed by atoms with Crippen molar-refractivity contribution < 1.29 is 0 Å². The first kappa shape index (κ1) is 12.2. The lowest BCUT2D eigenvalue weighted by molar-refractivity contribution is 0.377. The summed E-state index contributed by atoms with van der Waals surface area (Å²) in [5.41, 5.74) is 7.65. The zero-order valence-electron chi connectivity index (χ0n) is 9.60. The van der Waals surface area contributed by atoms with Crippen molar-refractivity contribution >= 4 is 23.0 Å². The molecule has 2 nitrogen and oxygen atoms in total. The molecule has 0 saturated heterocycles. The molecule has 3 N–H and O–H groups in total. The van der Waals surface area contributed by atoms with Crippen LogP contribution in [-0.4, -0.2) is 6.54 Å². The van der Waals surface area contributed by atoms with Crippen LogP contribution in [0.5, 0.6) is 0 Å². The molecule has 0 radical (unpaired) electrons. The summed E-state index contributed by atoms with van der Waals surface area (Å²) in [6, 6.07) is 5.56. The Morgan fingerprint density at radius 1 is 1.40 bits per heavy atom. The van der Waals surface area contributed by atoms with E-state index in [9.17, 15) is 0 Å². The molecular weight excluding hydrogens is 208 g/mol. The second-order valence-corrected chi connectivity index (χ2v) is 4.98. The van der Waals surface area contributed by atoms with E-state index in [-0.39, 0.29) is 5.41 Å². The minimum absolute atomic E-state index is 0.256. The second-order valence-electron chi connectivity index (χ2n) is 4.58. The average Bonchev–Trinajstić information content (AvgIpc) is 2.17. The van der Waals surface area contributed by atoms with Gasteiger partial charge in [-0.15, -0.1) is 0 Å². The molecule has 0 spiro atoms. The second kappa shape index (κ2) is 4.75. The highest BCUT2D eigenvalue weighted by Gasteiger charge is 2.15. The van der Waals surface area contributed by atoms with Crippen molar-refractivity contribution in [2.45, 2.75) is 27.2 Å². The van der Waals surface area contributed by atoms with E-state index in [1.807, 2.05) is 18.2 Å². The van der Waals surface area contributed by atoms with E-state index in [0.717, 1.165) is 18.7 Å². The Hall–Kier alpha value is -0.890. The quantitative estimate of drug-likeness (QED) is 0.767. The van der Waals surface area contributed by atoms with E-state index in [4.69, 9.17) is 17.3 Å². The van der Waals surface area contributed by atoms with Gasteiger partial charge in [-0.2, -0.15) is 0 Å². The number of hydrogen-bond acceptors (Lipinski definition) is 2. The Morgan fingerprint density at radius 2 is 2.07 bits per heavy atom. The summed E-state index contributed by atoms with van der Waals surface area (Å²) in [6.45, 7) is 7.48. The van der Waals surface area contributed by atoms with Crippen molar-refractivity contribution in [2.75, 3.05) is 17.6 Å². The minimum Gasteiger partial charge on any atom is -0.397 e. The van der Waals surface area contributed by atoms with Crippen LogP contribution in [0.15, 0.2) is 18.2 Å². The maximum absolute atomic E-state index is 6.06. The number of hydrogen-bond donors (Lipinski definition) is 2. The van der Waals surface area contributed by atoms with Gasteiger partial charge in [0.15, 0.2) is 0 Å². The third-order valence-corrected chi connectivity index (χ3v) is 3.06. The van der Waals surface area contributed by atoms with E-state index in [2.05, 4.69) is 26.1 Å². The molecule has 0 fully saturated rings. The number of para-hydroxylation sites is 1. The predicted octanol–water partition coefficient (Wildman–Crippen LogP) is 3.77. The largest absolute Gasteiger partial charge is 0.397 e. The third kappa shape index (κ3) is 3.31. The molecule has 0 amide bonds. The molecule has 3 heteroatoms. The molecule has 1 aromatic carbocycles. The van der Waals surface area contributed by atoms with Gasteiger partial charge in [0.05, 0.1) is 16.4 Å². The fraction of sp³-hybridized carbons (Fsp3) is 0.500. The van der Waals surface area contributed by atoms with Gasteiger partial charge in [-0.1, -0.05) is 38.4 Å². The van der Waals surface area contributed by atoms with Crippen molar-refractivity contribution in [3.63, 3.8) is 0 Å². The van der Waals surface area contributed by atoms with Gasteiger partial charge in [0, 0.05) is 6.54 Å². The number of nitrogen functional groups attached to an aromatic ring is 1. The van der Waals surface area contributed by atoms with Gasteiger partial charge in [-0.25, -0.2) is 0 Å². The average molecular weight is 227 g/mol. The highest BCUT2D eigenvalue weighted by molar-refractivity contribution is 6.33. The first-order chi connectivity index (χ1) is 6.96. The van der Waals surface area contributed by atoms with Crippen molar-refractivity contribution in [3.05, 3.63) is 23.2 Å². The van der Waals surface area contributed by atoms with Crippen LogP contribution >= 0.6 is 11.6 Å². The first-order valence-electron chi connectivity index (χ1n) is 5.24. The fourth-order valence-electron chi connectivity index (χ4n) is 1.18. The van der Waals surface area contributed by atoms with E-state index in [1.54, 1.807) is 0 Å². The van der Waals surface area contributed by atoms with Crippen molar-refractivity contribution in [1.29, 1.82) is 0 Å². The van der Waals surface area contributed by atoms with E-state index >= 15 is 0 Å². The Labute approximate surface area is 96.8 Å². The molecular formula is C12H19ClN2. The number of nitrogens with one attached hydrogen (secondary N) is 1. The van der Waals surface area contributed by atoms with Crippen LogP contribution in [-0.2, 0) is 0 Å². The standard InChI is InChI=1S/C12H19ClN2/c1-4-12(2,3)8-15-11-9(13)6-5-7-10(11)14/h5-7,15H,4,8,14H2,1-3H3. The van der Waals surface area contributed by atoms with Gasteiger partial charge >= 0.3 is 0 Å². The Kier molecular flexibility index (Phi) is 3.86. The molecule has 84 valence electrons. The van der Waals surface area contributed by atoms with Gasteiger partial charge < -0.3 is 11.1 Å². The molecule has 0 aliphatic rings. The van der Waals surface area contributed by atoms with Gasteiger partial charge in [0.25, 0.3) is 0 Å². The summed E-state index contributed by atoms with van der Waals surface area (Å²) >= 11 is 6.06. The van der Waals surface area contributed by atoms with Crippen molar-refractivity contribution in [3.8, 4) is 0 Å². The molecule has 0 saturated carbocycles. The predicted molar refractivity (Wildman–Crippen MR) is 68.4 cm³/mol. The molecule has 0 bridgehead atoms. The molecule has 0 aliphatic carbocycles. The zero-order chi connectivity index (χ0) is 11.5. The minimum atomic E-state index is 0.256. The van der Waals surface area contributed by atoms with Crippen molar-refractivity contribution in [1.82, 2.24) is 0 Å². The van der Waals surface area contributed by atoms with Crippen molar-refractivity contribution in [2.24, 2.45) is 5.41 Å². The summed E-state index contributed by atoms with van der Waals surface area (Å²) in [5, 5.41) is 4.00. The summed E-state index contributed by atoms with van der Waals surface area (Å²) in [5.74, 6) is 0. The van der Waals surface area contributed by atoms with Gasteiger partial charge in [-0.05, 0) is 24.0 Å². The maximum atomic E-state index is 6.06. The molecule has 0 unspecified atom stereocenters. The highest BCUT2D eigenvalue weighted by atomic mass is 35.5. The van der Waals surface area contributed by atoms with Crippen LogP contribution in [0.2, 0.25) is 5.02 Å². The van der Waals surface area contributed by atoms with E-state index in [0.29, 0.717) is 10.7 Å². The highest BCUT2D eigenvalue weighted by Crippen LogP contribution is 2.29. The summed E-state index contributed by atoms with van der Waals surface area (Å²) in [6.07, 6.45) is 1.12. The maximum Gasteiger partial charge on any atom is 0.0763 e. The topological polar surface area (TPSA) is 38.0 Å². The Morgan fingerprint density at radius 3 is 2.60 bits per heavy atom. The molecule has 15 heavy (non-hydrogen) atoms. The van der Waals surface area contributed by atoms with Crippen LogP contribution < -0.4 is 11.1 Å². The molecule has 1 aromatic rings. The zero-order valence-corrected chi connectivity index (χ0v) is 10.4. The number of anilines is 2. The molecule has 0 aliphatic heterocycles. The van der Waals surface area contributed by atoms with Gasteiger partial charge in [0.2, 0.25) is 0 Å². The normalized spacial score (nSPS) is 11.5. The lowest BCUT2D eigenvalue weighted by Gasteiger charge is -2.24. The lowest BCUT2D eigenvalue weighted by Crippen LogP contribution is -2.22. The van der Waals surface area contributed by atoms with E-state index in [1.165, 1.54) is 0 Å². The van der Waals surface area contributed by atoms with Crippen LogP contribution in [0.1, 0.15) is 27.2 Å². The monoisotopic (exact) mass is 226 g/mol. The number of benzene rings is 1. The third-order valence-electron chi connectivity index (χ3n) is 2.75. The smallest absolute Gasteiger partial charge is 0.0763 e. The van der Waals surface area contributed by atoms with E-state index < -0.39 is 0 Å². The summed E-state index contributed by atoms with van der Waals surface area (Å²) < 4.78 is 0. The number of nitrogens with two attached hydrogens (primary N) is 1.